The predicted molar refractivity (Wildman–Crippen MR) is 91.4 cm³/mol. The number of rotatable bonds is 7. The van der Waals surface area contributed by atoms with Crippen molar-refractivity contribution in [3.63, 3.8) is 0 Å². The van der Waals surface area contributed by atoms with Gasteiger partial charge in [0.05, 0.1) is 0 Å². The molecule has 0 bridgehead atoms. The number of thioether (sulfide) groups is 1. The predicted octanol–water partition coefficient (Wildman–Crippen LogP) is 3.94. The Morgan fingerprint density at radius 1 is 1.18 bits per heavy atom. The number of hydrogen-bond acceptors (Lipinski definition) is 3. The number of halogens is 1. The Bertz CT molecular complexity index is 589. The molecule has 0 unspecified atom stereocenters. The van der Waals surface area contributed by atoms with Gasteiger partial charge in [0.15, 0.2) is 6.10 Å². The Labute approximate surface area is 140 Å². The number of nitrogens with one attached hydrogen (secondary N) is 1. The maximum atomic E-state index is 12.2. The Balaban J connectivity index is 1.78. The van der Waals surface area contributed by atoms with Crippen LogP contribution in [0, 0.1) is 0 Å². The van der Waals surface area contributed by atoms with Crippen molar-refractivity contribution < 1.29 is 9.53 Å². The molecule has 0 radical (unpaired) electrons. The average molecular weight is 336 g/mol. The van der Waals surface area contributed by atoms with Crippen LogP contribution in [0.4, 0.5) is 0 Å². The summed E-state index contributed by atoms with van der Waals surface area (Å²) in [5, 5.41) is 3.63. The summed E-state index contributed by atoms with van der Waals surface area (Å²) < 4.78 is 5.29. The molecule has 0 heterocycles. The van der Waals surface area contributed by atoms with Crippen LogP contribution in [0.1, 0.15) is 11.7 Å². The molecule has 0 spiro atoms. The van der Waals surface area contributed by atoms with Gasteiger partial charge < -0.3 is 10.1 Å². The van der Waals surface area contributed by atoms with Crippen molar-refractivity contribution in [1.82, 2.24) is 5.32 Å². The lowest BCUT2D eigenvalue weighted by molar-refractivity contribution is -0.131. The van der Waals surface area contributed by atoms with Gasteiger partial charge in [0.25, 0.3) is 5.91 Å². The van der Waals surface area contributed by atoms with E-state index < -0.39 is 6.10 Å². The van der Waals surface area contributed by atoms with Crippen molar-refractivity contribution in [1.29, 1.82) is 0 Å². The number of carbonyl (C=O) groups is 1. The molecule has 0 saturated carbocycles. The molecular weight excluding hydrogens is 318 g/mol. The van der Waals surface area contributed by atoms with E-state index in [2.05, 4.69) is 5.32 Å². The molecule has 0 saturated heterocycles. The summed E-state index contributed by atoms with van der Waals surface area (Å²) in [6, 6.07) is 17.1. The van der Waals surface area contributed by atoms with E-state index in [-0.39, 0.29) is 5.91 Å². The lowest BCUT2D eigenvalue weighted by Gasteiger charge is -2.15. The molecule has 1 atom stereocenters. The lowest BCUT2D eigenvalue weighted by atomic mass is 10.1. The van der Waals surface area contributed by atoms with Crippen LogP contribution in [0.5, 0.6) is 0 Å². The second-order valence-corrected chi connectivity index (χ2v) is 6.22. The van der Waals surface area contributed by atoms with Crippen LogP contribution in [-0.4, -0.2) is 25.3 Å². The maximum absolute atomic E-state index is 12.2. The minimum Gasteiger partial charge on any atom is -0.367 e. The molecule has 116 valence electrons. The quantitative estimate of drug-likeness (QED) is 0.615. The lowest BCUT2D eigenvalue weighted by Crippen LogP contribution is -2.32. The molecular formula is C17H18ClNO2S. The average Bonchev–Trinajstić information content (AvgIpc) is 2.55. The van der Waals surface area contributed by atoms with E-state index in [1.807, 2.05) is 54.6 Å². The van der Waals surface area contributed by atoms with Crippen molar-refractivity contribution in [3.8, 4) is 0 Å². The first-order valence-corrected chi connectivity index (χ1v) is 8.31. The van der Waals surface area contributed by atoms with Crippen molar-refractivity contribution in [3.05, 3.63) is 65.2 Å². The van der Waals surface area contributed by atoms with Crippen LogP contribution >= 0.6 is 23.4 Å². The van der Waals surface area contributed by atoms with Crippen molar-refractivity contribution >= 4 is 29.3 Å². The fraction of sp³-hybridized carbons (Fsp3) is 0.235. The number of ether oxygens (including phenoxy) is 1. The first-order chi connectivity index (χ1) is 10.7. The number of hydrogen-bond donors (Lipinski definition) is 1. The molecule has 22 heavy (non-hydrogen) atoms. The van der Waals surface area contributed by atoms with Gasteiger partial charge in [0.1, 0.15) is 0 Å². The largest absolute Gasteiger partial charge is 0.367 e. The van der Waals surface area contributed by atoms with Gasteiger partial charge in [-0.3, -0.25) is 4.79 Å². The van der Waals surface area contributed by atoms with Crippen molar-refractivity contribution in [2.24, 2.45) is 0 Å². The van der Waals surface area contributed by atoms with Crippen LogP contribution in [0.25, 0.3) is 0 Å². The molecule has 0 aliphatic heterocycles. The highest BCUT2D eigenvalue weighted by molar-refractivity contribution is 7.99. The topological polar surface area (TPSA) is 38.3 Å². The number of benzene rings is 2. The molecule has 2 aromatic rings. The van der Waals surface area contributed by atoms with Crippen LogP contribution in [0.3, 0.4) is 0 Å². The molecule has 2 aromatic carbocycles. The van der Waals surface area contributed by atoms with Gasteiger partial charge in [-0.15, -0.1) is 11.8 Å². The number of carbonyl (C=O) groups excluding carboxylic acids is 1. The third kappa shape index (κ3) is 5.05. The van der Waals surface area contributed by atoms with E-state index >= 15 is 0 Å². The molecule has 1 amide bonds. The summed E-state index contributed by atoms with van der Waals surface area (Å²) in [6.45, 7) is 0.582. The van der Waals surface area contributed by atoms with Crippen molar-refractivity contribution in [2.45, 2.75) is 11.0 Å². The van der Waals surface area contributed by atoms with E-state index in [1.165, 1.54) is 0 Å². The summed E-state index contributed by atoms with van der Waals surface area (Å²) in [5.74, 6) is 0.670. The van der Waals surface area contributed by atoms with Gasteiger partial charge >= 0.3 is 0 Å². The Morgan fingerprint density at radius 2 is 1.86 bits per heavy atom. The van der Waals surface area contributed by atoms with Crippen molar-refractivity contribution in [2.75, 3.05) is 19.4 Å². The van der Waals surface area contributed by atoms with Crippen LogP contribution < -0.4 is 5.32 Å². The third-order valence-electron chi connectivity index (χ3n) is 3.06. The van der Waals surface area contributed by atoms with Gasteiger partial charge in [0.2, 0.25) is 0 Å². The zero-order chi connectivity index (χ0) is 15.8. The zero-order valence-electron chi connectivity index (χ0n) is 12.3. The summed E-state index contributed by atoms with van der Waals surface area (Å²) in [4.78, 5) is 13.3. The SMILES string of the molecule is CO[C@@H](C(=O)NCCSc1ccc(Cl)cc1)c1ccccc1. The van der Waals surface area contributed by atoms with E-state index in [1.54, 1.807) is 18.9 Å². The molecule has 3 nitrogen and oxygen atoms in total. The zero-order valence-corrected chi connectivity index (χ0v) is 13.9. The first kappa shape index (κ1) is 16.9. The van der Waals surface area contributed by atoms with E-state index in [4.69, 9.17) is 16.3 Å². The maximum Gasteiger partial charge on any atom is 0.253 e. The van der Waals surface area contributed by atoms with Gasteiger partial charge in [-0.05, 0) is 29.8 Å². The molecule has 0 aromatic heterocycles. The molecule has 2 rings (SSSR count). The second-order valence-electron chi connectivity index (χ2n) is 4.62. The van der Waals surface area contributed by atoms with E-state index in [9.17, 15) is 4.79 Å². The highest BCUT2D eigenvalue weighted by Gasteiger charge is 2.18. The highest BCUT2D eigenvalue weighted by atomic mass is 35.5. The smallest absolute Gasteiger partial charge is 0.253 e. The third-order valence-corrected chi connectivity index (χ3v) is 4.33. The van der Waals surface area contributed by atoms with Crippen LogP contribution in [0.2, 0.25) is 5.02 Å². The summed E-state index contributed by atoms with van der Waals surface area (Å²) in [5.41, 5.74) is 0.854. The highest BCUT2D eigenvalue weighted by Crippen LogP contribution is 2.20. The molecule has 0 fully saturated rings. The first-order valence-electron chi connectivity index (χ1n) is 6.94. The van der Waals surface area contributed by atoms with Gasteiger partial charge in [-0.1, -0.05) is 41.9 Å². The molecule has 5 heteroatoms. The van der Waals surface area contributed by atoms with Crippen LogP contribution in [0.15, 0.2) is 59.5 Å². The second kappa shape index (κ2) is 8.83. The Kier molecular flexibility index (Phi) is 6.77. The number of methoxy groups -OCH3 is 1. The molecule has 1 N–H and O–H groups in total. The molecule has 0 aliphatic rings. The summed E-state index contributed by atoms with van der Waals surface area (Å²) >= 11 is 7.52. The van der Waals surface area contributed by atoms with Crippen LogP contribution in [-0.2, 0) is 9.53 Å². The van der Waals surface area contributed by atoms with Gasteiger partial charge in [-0.2, -0.15) is 0 Å². The molecule has 0 aliphatic carbocycles. The van der Waals surface area contributed by atoms with E-state index in [0.29, 0.717) is 6.54 Å². The minimum absolute atomic E-state index is 0.120. The van der Waals surface area contributed by atoms with Gasteiger partial charge in [-0.25, -0.2) is 0 Å². The standard InChI is InChI=1S/C17H18ClNO2S/c1-21-16(13-5-3-2-4-6-13)17(20)19-11-12-22-15-9-7-14(18)8-10-15/h2-10,16H,11-12H2,1H3,(H,19,20)/t16-/m1/s1. The number of amides is 1. The summed E-state index contributed by atoms with van der Waals surface area (Å²) in [6.07, 6.45) is -0.568. The fourth-order valence-electron chi connectivity index (χ4n) is 1.99. The summed E-state index contributed by atoms with van der Waals surface area (Å²) in [7, 11) is 1.54. The Hall–Kier alpha value is -1.49. The monoisotopic (exact) mass is 335 g/mol. The minimum atomic E-state index is -0.568. The van der Waals surface area contributed by atoms with Gasteiger partial charge in [0, 0.05) is 29.3 Å². The Morgan fingerprint density at radius 3 is 2.50 bits per heavy atom. The van der Waals surface area contributed by atoms with E-state index in [0.717, 1.165) is 21.2 Å². The fourth-order valence-corrected chi connectivity index (χ4v) is 2.88. The normalized spacial score (nSPS) is 11.9.